The summed E-state index contributed by atoms with van der Waals surface area (Å²) in [7, 11) is 0. The van der Waals surface area contributed by atoms with Crippen molar-refractivity contribution in [2.24, 2.45) is 10.9 Å². The second-order valence-electron chi connectivity index (χ2n) is 8.31. The number of rotatable bonds is 9. The Morgan fingerprint density at radius 3 is 2.89 bits per heavy atom. The van der Waals surface area contributed by atoms with E-state index in [2.05, 4.69) is 27.4 Å². The quantitative estimate of drug-likeness (QED) is 0.502. The fraction of sp³-hybridized carbons (Fsp3) is 0.714. The molecule has 0 spiro atoms. The van der Waals surface area contributed by atoms with E-state index in [9.17, 15) is 4.39 Å². The van der Waals surface area contributed by atoms with Crippen molar-refractivity contribution in [1.82, 2.24) is 20.5 Å². The van der Waals surface area contributed by atoms with E-state index in [0.717, 1.165) is 57.1 Å². The second kappa shape index (κ2) is 9.07. The molecule has 4 rings (SSSR count). The van der Waals surface area contributed by atoms with Crippen LogP contribution in [0.5, 0.6) is 0 Å². The Balaban J connectivity index is 1.28. The normalized spacial score (nSPS) is 22.8. The summed E-state index contributed by atoms with van der Waals surface area (Å²) in [6.07, 6.45) is 8.14. The summed E-state index contributed by atoms with van der Waals surface area (Å²) in [5, 5.41) is 6.90. The van der Waals surface area contributed by atoms with Crippen molar-refractivity contribution >= 4 is 11.8 Å². The Hall–Kier alpha value is -1.89. The molecule has 2 N–H and O–H groups in total. The number of aliphatic imine (C=N–C) groups is 1. The van der Waals surface area contributed by atoms with Gasteiger partial charge in [-0.05, 0) is 57.1 Å². The number of nitrogens with one attached hydrogen (secondary N) is 2. The van der Waals surface area contributed by atoms with Gasteiger partial charge in [0.2, 0.25) is 0 Å². The van der Waals surface area contributed by atoms with E-state index in [1.54, 1.807) is 12.3 Å². The third-order valence-electron chi connectivity index (χ3n) is 5.82. The van der Waals surface area contributed by atoms with Crippen LogP contribution in [0.25, 0.3) is 0 Å². The summed E-state index contributed by atoms with van der Waals surface area (Å²) in [6.45, 7) is 7.61. The number of anilines is 1. The summed E-state index contributed by atoms with van der Waals surface area (Å²) in [4.78, 5) is 13.7. The molecule has 1 aromatic rings. The van der Waals surface area contributed by atoms with Crippen molar-refractivity contribution in [3.05, 3.63) is 24.1 Å². The van der Waals surface area contributed by atoms with Crippen molar-refractivity contribution in [1.29, 1.82) is 0 Å². The highest BCUT2D eigenvalue weighted by molar-refractivity contribution is 5.80. The maximum atomic E-state index is 14.0. The lowest BCUT2D eigenvalue weighted by atomic mass is 10.3. The van der Waals surface area contributed by atoms with Gasteiger partial charge in [0.25, 0.3) is 0 Å². The molecule has 1 saturated heterocycles. The molecule has 7 heteroatoms. The molecule has 1 unspecified atom stereocenters. The van der Waals surface area contributed by atoms with Crippen molar-refractivity contribution in [2.75, 3.05) is 44.2 Å². The number of nitrogens with zero attached hydrogens (tertiary/aromatic N) is 4. The molecule has 1 aromatic heterocycles. The van der Waals surface area contributed by atoms with E-state index in [-0.39, 0.29) is 11.9 Å². The van der Waals surface area contributed by atoms with Crippen LogP contribution in [0.15, 0.2) is 23.3 Å². The number of pyridine rings is 1. The number of hydrogen-bond donors (Lipinski definition) is 2. The van der Waals surface area contributed by atoms with Crippen molar-refractivity contribution < 1.29 is 4.39 Å². The van der Waals surface area contributed by atoms with Gasteiger partial charge in [-0.25, -0.2) is 9.37 Å². The minimum absolute atomic E-state index is 0.250. The summed E-state index contributed by atoms with van der Waals surface area (Å²) in [6, 6.07) is 4.17. The Labute approximate surface area is 167 Å². The molecular formula is C21H33FN6. The summed E-state index contributed by atoms with van der Waals surface area (Å²) in [5.41, 5.74) is 0. The molecule has 2 aliphatic carbocycles. The molecule has 6 nitrogen and oxygen atoms in total. The highest BCUT2D eigenvalue weighted by Crippen LogP contribution is 2.34. The molecule has 0 radical (unpaired) electrons. The van der Waals surface area contributed by atoms with Crippen LogP contribution in [-0.2, 0) is 0 Å². The minimum Gasteiger partial charge on any atom is -0.357 e. The summed E-state index contributed by atoms with van der Waals surface area (Å²) < 4.78 is 14.0. The number of guanidine groups is 1. The Bertz CT molecular complexity index is 673. The zero-order valence-corrected chi connectivity index (χ0v) is 16.9. The van der Waals surface area contributed by atoms with Gasteiger partial charge in [0.1, 0.15) is 0 Å². The van der Waals surface area contributed by atoms with Gasteiger partial charge >= 0.3 is 0 Å². The van der Waals surface area contributed by atoms with Gasteiger partial charge in [0.15, 0.2) is 17.6 Å². The van der Waals surface area contributed by atoms with Crippen LogP contribution in [0.1, 0.15) is 39.0 Å². The van der Waals surface area contributed by atoms with Crippen LogP contribution in [0.3, 0.4) is 0 Å². The fourth-order valence-corrected chi connectivity index (χ4v) is 3.98. The monoisotopic (exact) mass is 388 g/mol. The molecule has 154 valence electrons. The fourth-order valence-electron chi connectivity index (χ4n) is 3.98. The molecule has 0 bridgehead atoms. The predicted octanol–water partition coefficient (Wildman–Crippen LogP) is 2.23. The van der Waals surface area contributed by atoms with Gasteiger partial charge in [-0.1, -0.05) is 0 Å². The van der Waals surface area contributed by atoms with E-state index in [0.29, 0.717) is 5.82 Å². The number of hydrogen-bond acceptors (Lipinski definition) is 4. The number of halogens is 1. The van der Waals surface area contributed by atoms with Crippen LogP contribution in [0, 0.1) is 11.7 Å². The predicted molar refractivity (Wildman–Crippen MR) is 111 cm³/mol. The standard InChI is InChI=1S/C21H33FN6/c1-2-23-21(25-11-13-27(18-7-8-18)14-16-5-6-16)26-17-9-12-28(15-17)20-19(22)4-3-10-24-20/h3-4,10,16-18H,2,5-9,11-15H2,1H3,(H2,23,25,26). The molecule has 28 heavy (non-hydrogen) atoms. The smallest absolute Gasteiger partial charge is 0.191 e. The van der Waals surface area contributed by atoms with Crippen LogP contribution in [0.2, 0.25) is 0 Å². The molecule has 1 atom stereocenters. The Morgan fingerprint density at radius 1 is 1.32 bits per heavy atom. The lowest BCUT2D eigenvalue weighted by Gasteiger charge is -2.22. The van der Waals surface area contributed by atoms with E-state index in [1.165, 1.54) is 38.3 Å². The molecule has 3 aliphatic rings. The first-order valence-corrected chi connectivity index (χ1v) is 10.9. The maximum Gasteiger partial charge on any atom is 0.191 e. The minimum atomic E-state index is -0.250. The summed E-state index contributed by atoms with van der Waals surface area (Å²) >= 11 is 0. The van der Waals surface area contributed by atoms with Crippen LogP contribution in [0.4, 0.5) is 10.2 Å². The van der Waals surface area contributed by atoms with E-state index < -0.39 is 0 Å². The van der Waals surface area contributed by atoms with E-state index in [4.69, 9.17) is 4.99 Å². The first-order chi connectivity index (χ1) is 13.7. The van der Waals surface area contributed by atoms with E-state index >= 15 is 0 Å². The first-order valence-electron chi connectivity index (χ1n) is 10.9. The van der Waals surface area contributed by atoms with E-state index in [1.807, 2.05) is 4.90 Å². The van der Waals surface area contributed by atoms with Crippen molar-refractivity contribution in [2.45, 2.75) is 51.1 Å². The zero-order chi connectivity index (χ0) is 19.3. The van der Waals surface area contributed by atoms with Gasteiger partial charge in [0, 0.05) is 51.0 Å². The van der Waals surface area contributed by atoms with Crippen molar-refractivity contribution in [3.8, 4) is 0 Å². The van der Waals surface area contributed by atoms with Crippen LogP contribution < -0.4 is 15.5 Å². The van der Waals surface area contributed by atoms with Gasteiger partial charge < -0.3 is 15.5 Å². The third kappa shape index (κ3) is 5.34. The van der Waals surface area contributed by atoms with Crippen molar-refractivity contribution in [3.63, 3.8) is 0 Å². The van der Waals surface area contributed by atoms with Crippen LogP contribution in [-0.4, -0.2) is 67.2 Å². The molecule has 2 saturated carbocycles. The largest absolute Gasteiger partial charge is 0.357 e. The first kappa shape index (κ1) is 19.4. The second-order valence-corrected chi connectivity index (χ2v) is 8.31. The Morgan fingerprint density at radius 2 is 2.18 bits per heavy atom. The number of aromatic nitrogens is 1. The Kier molecular flexibility index (Phi) is 6.29. The lowest BCUT2D eigenvalue weighted by molar-refractivity contribution is 0.260. The molecule has 0 amide bonds. The molecule has 1 aliphatic heterocycles. The molecule has 2 heterocycles. The third-order valence-corrected chi connectivity index (χ3v) is 5.82. The van der Waals surface area contributed by atoms with Gasteiger partial charge in [0.05, 0.1) is 6.54 Å². The van der Waals surface area contributed by atoms with Gasteiger partial charge in [-0.2, -0.15) is 0 Å². The zero-order valence-electron chi connectivity index (χ0n) is 16.9. The highest BCUT2D eigenvalue weighted by Gasteiger charge is 2.33. The SMILES string of the molecule is CCNC(=NCCN(CC1CC1)C1CC1)NC1CCN(c2ncccc2F)C1. The lowest BCUT2D eigenvalue weighted by Crippen LogP contribution is -2.45. The molecule has 0 aromatic carbocycles. The summed E-state index contributed by atoms with van der Waals surface area (Å²) in [5.74, 6) is 2.01. The van der Waals surface area contributed by atoms with Gasteiger partial charge in [-0.15, -0.1) is 0 Å². The topological polar surface area (TPSA) is 55.8 Å². The molecule has 3 fully saturated rings. The highest BCUT2D eigenvalue weighted by atomic mass is 19.1. The maximum absolute atomic E-state index is 14.0. The van der Waals surface area contributed by atoms with Crippen LogP contribution >= 0.6 is 0 Å². The van der Waals surface area contributed by atoms with Gasteiger partial charge in [-0.3, -0.25) is 9.89 Å². The average Bonchev–Trinajstić information content (AvgIpc) is 3.61. The molecular weight excluding hydrogens is 355 g/mol. The average molecular weight is 389 g/mol.